The lowest BCUT2D eigenvalue weighted by Crippen LogP contribution is -2.57. The number of carboxylic acids is 1. The van der Waals surface area contributed by atoms with Gasteiger partial charge in [-0.3, -0.25) is 14.4 Å². The molecule has 1 fully saturated rings. The Bertz CT molecular complexity index is 1740. The largest absolute Gasteiger partial charge is 0.493 e. The molecule has 0 aliphatic carbocycles. The lowest BCUT2D eigenvalue weighted by Gasteiger charge is -2.30. The van der Waals surface area contributed by atoms with E-state index in [-0.39, 0.29) is 19.3 Å². The molecule has 1 aromatic heterocycles. The van der Waals surface area contributed by atoms with E-state index in [0.717, 1.165) is 27.6 Å². The van der Waals surface area contributed by atoms with E-state index >= 15 is 0 Å². The number of nitrogens with one attached hydrogen (secondary N) is 3. The highest BCUT2D eigenvalue weighted by Gasteiger charge is 2.39. The molecule has 1 saturated heterocycles. The molecule has 2 heterocycles. The van der Waals surface area contributed by atoms with Crippen molar-refractivity contribution in [3.05, 3.63) is 102 Å². The van der Waals surface area contributed by atoms with Crippen LogP contribution in [0.25, 0.3) is 10.9 Å². The van der Waals surface area contributed by atoms with Crippen molar-refractivity contribution >= 4 is 34.6 Å². The first-order valence-electron chi connectivity index (χ1n) is 16.8. The monoisotopic (exact) mass is 667 g/mol. The molecular formula is C38H45N5O6. The SMILES string of the molecule is CC(C)COc1ccc(C[C@H](NC(=O)[C@H]2CCCN2C(=O)[C@H](Cc2ccccc2)NC(=O)[C@@H](N)Cc2c[nH]c3ccccc23)C(=O)O)cc1. The van der Waals surface area contributed by atoms with Gasteiger partial charge in [0.15, 0.2) is 0 Å². The Balaban J connectivity index is 1.26. The van der Waals surface area contributed by atoms with Gasteiger partial charge >= 0.3 is 5.97 Å². The summed E-state index contributed by atoms with van der Waals surface area (Å²) in [4.78, 5) is 58.0. The summed E-state index contributed by atoms with van der Waals surface area (Å²) in [7, 11) is 0. The third-order valence-corrected chi connectivity index (χ3v) is 8.75. The van der Waals surface area contributed by atoms with E-state index in [1.165, 1.54) is 4.90 Å². The number of likely N-dealkylation sites (tertiary alicyclic amines) is 1. The topological polar surface area (TPSA) is 167 Å². The Morgan fingerprint density at radius 1 is 0.898 bits per heavy atom. The van der Waals surface area contributed by atoms with E-state index in [9.17, 15) is 24.3 Å². The normalized spacial score (nSPS) is 16.2. The Morgan fingerprint density at radius 2 is 1.57 bits per heavy atom. The molecule has 0 radical (unpaired) electrons. The van der Waals surface area contributed by atoms with Crippen molar-refractivity contribution in [2.24, 2.45) is 11.7 Å². The van der Waals surface area contributed by atoms with Crippen LogP contribution >= 0.6 is 0 Å². The van der Waals surface area contributed by atoms with E-state index in [1.54, 1.807) is 24.3 Å². The molecule has 1 aliphatic rings. The number of nitrogens with two attached hydrogens (primary N) is 1. The number of carbonyl (C=O) groups is 4. The zero-order valence-electron chi connectivity index (χ0n) is 27.9. The summed E-state index contributed by atoms with van der Waals surface area (Å²) < 4.78 is 5.72. The first-order valence-corrected chi connectivity index (χ1v) is 16.8. The van der Waals surface area contributed by atoms with Gasteiger partial charge in [0.05, 0.1) is 12.6 Å². The number of carboxylic acid groups (broad SMARTS) is 1. The minimum absolute atomic E-state index is 0.0627. The quantitative estimate of drug-likeness (QED) is 0.129. The van der Waals surface area contributed by atoms with Crippen LogP contribution in [0.15, 0.2) is 85.1 Å². The number of fused-ring (bicyclic) bond motifs is 1. The minimum Gasteiger partial charge on any atom is -0.493 e. The van der Waals surface area contributed by atoms with Crippen LogP contribution in [0.3, 0.4) is 0 Å². The van der Waals surface area contributed by atoms with Crippen LogP contribution in [0.2, 0.25) is 0 Å². The smallest absolute Gasteiger partial charge is 0.326 e. The van der Waals surface area contributed by atoms with Gasteiger partial charge < -0.3 is 36.1 Å². The van der Waals surface area contributed by atoms with Crippen LogP contribution in [0.5, 0.6) is 5.75 Å². The average Bonchev–Trinajstić information content (AvgIpc) is 3.75. The molecule has 5 rings (SSSR count). The number of ether oxygens (including phenoxy) is 1. The second-order valence-electron chi connectivity index (χ2n) is 13.1. The van der Waals surface area contributed by atoms with Crippen LogP contribution in [-0.2, 0) is 38.4 Å². The Kier molecular flexibility index (Phi) is 11.7. The van der Waals surface area contributed by atoms with Gasteiger partial charge in [-0.05, 0) is 60.1 Å². The molecule has 11 heteroatoms. The summed E-state index contributed by atoms with van der Waals surface area (Å²) in [5.41, 5.74) is 9.76. The summed E-state index contributed by atoms with van der Waals surface area (Å²) in [6.45, 7) is 4.97. The standard InChI is InChI=1S/C38H45N5O6/c1-24(2)23-49-28-16-14-26(15-17-28)20-33(38(47)48)42-36(45)34-13-8-18-43(34)37(46)32(19-25-9-4-3-5-10-25)41-35(44)30(39)21-27-22-40-31-12-7-6-11-29(27)31/h3-7,9-12,14-17,22,24,30,32-34,40H,8,13,18-21,23,39H2,1-2H3,(H,41,44)(H,42,45)(H,47,48)/t30-,32-,33-,34+/m0/s1. The number of amides is 3. The van der Waals surface area contributed by atoms with E-state index < -0.39 is 47.9 Å². The highest BCUT2D eigenvalue weighted by molar-refractivity contribution is 5.95. The van der Waals surface area contributed by atoms with E-state index in [4.69, 9.17) is 10.5 Å². The van der Waals surface area contributed by atoms with Gasteiger partial charge in [0.2, 0.25) is 17.7 Å². The second-order valence-corrected chi connectivity index (χ2v) is 13.1. The third-order valence-electron chi connectivity index (χ3n) is 8.75. The van der Waals surface area contributed by atoms with Crippen LogP contribution in [0.4, 0.5) is 0 Å². The molecule has 0 unspecified atom stereocenters. The first-order chi connectivity index (χ1) is 23.6. The number of rotatable bonds is 15. The molecule has 49 heavy (non-hydrogen) atoms. The van der Waals surface area contributed by atoms with Gasteiger partial charge in [-0.25, -0.2) is 4.79 Å². The summed E-state index contributed by atoms with van der Waals surface area (Å²) in [6.07, 6.45) is 3.29. The average molecular weight is 668 g/mol. The Morgan fingerprint density at radius 3 is 2.29 bits per heavy atom. The molecule has 0 spiro atoms. The van der Waals surface area contributed by atoms with Crippen LogP contribution in [-0.4, -0.2) is 76.0 Å². The lowest BCUT2D eigenvalue weighted by atomic mass is 10.0. The van der Waals surface area contributed by atoms with E-state index in [0.29, 0.717) is 37.7 Å². The van der Waals surface area contributed by atoms with E-state index in [1.807, 2.05) is 60.8 Å². The predicted molar refractivity (Wildman–Crippen MR) is 187 cm³/mol. The second kappa shape index (κ2) is 16.3. The number of aromatic nitrogens is 1. The molecule has 0 saturated carbocycles. The van der Waals surface area contributed by atoms with Gasteiger partial charge in [-0.1, -0.05) is 74.5 Å². The maximum absolute atomic E-state index is 14.1. The zero-order valence-corrected chi connectivity index (χ0v) is 27.9. The molecule has 6 N–H and O–H groups in total. The van der Waals surface area contributed by atoms with Crippen molar-refractivity contribution in [2.45, 2.75) is 70.1 Å². The summed E-state index contributed by atoms with van der Waals surface area (Å²) in [6, 6.07) is 20.2. The first kappa shape index (κ1) is 35.2. The number of para-hydroxylation sites is 1. The van der Waals surface area contributed by atoms with Gasteiger partial charge in [-0.15, -0.1) is 0 Å². The maximum atomic E-state index is 14.1. The van der Waals surface area contributed by atoms with Gasteiger partial charge in [-0.2, -0.15) is 0 Å². The van der Waals surface area contributed by atoms with Crippen LogP contribution in [0.1, 0.15) is 43.4 Å². The Labute approximate surface area is 286 Å². The number of nitrogens with zero attached hydrogens (tertiary/aromatic N) is 1. The molecule has 4 aromatic rings. The lowest BCUT2D eigenvalue weighted by molar-refractivity contribution is -0.144. The van der Waals surface area contributed by atoms with Gasteiger partial charge in [0.25, 0.3) is 0 Å². The molecule has 3 aromatic carbocycles. The number of carbonyl (C=O) groups excluding carboxylic acids is 3. The highest BCUT2D eigenvalue weighted by atomic mass is 16.5. The number of hydrogen-bond donors (Lipinski definition) is 5. The van der Waals surface area contributed by atoms with E-state index in [2.05, 4.69) is 29.5 Å². The summed E-state index contributed by atoms with van der Waals surface area (Å²) in [5, 5.41) is 16.5. The highest BCUT2D eigenvalue weighted by Crippen LogP contribution is 2.22. The van der Waals surface area contributed by atoms with Crippen molar-refractivity contribution in [1.82, 2.24) is 20.5 Å². The van der Waals surface area contributed by atoms with Crippen LogP contribution < -0.4 is 21.1 Å². The number of hydrogen-bond acceptors (Lipinski definition) is 6. The molecule has 0 bridgehead atoms. The molecule has 11 nitrogen and oxygen atoms in total. The van der Waals surface area contributed by atoms with Crippen molar-refractivity contribution in [3.63, 3.8) is 0 Å². The minimum atomic E-state index is -1.20. The molecule has 4 atom stereocenters. The molecule has 258 valence electrons. The fourth-order valence-corrected chi connectivity index (χ4v) is 6.15. The third kappa shape index (κ3) is 9.26. The molecule has 3 amide bonds. The molecule has 1 aliphatic heterocycles. The molecular weight excluding hydrogens is 622 g/mol. The maximum Gasteiger partial charge on any atom is 0.326 e. The van der Waals surface area contributed by atoms with Crippen molar-refractivity contribution in [1.29, 1.82) is 0 Å². The Hall–Kier alpha value is -5.16. The number of aromatic amines is 1. The fraction of sp³-hybridized carbons (Fsp3) is 0.368. The van der Waals surface area contributed by atoms with Crippen molar-refractivity contribution in [2.75, 3.05) is 13.2 Å². The number of aliphatic carboxylic acids is 1. The van der Waals surface area contributed by atoms with Crippen molar-refractivity contribution in [3.8, 4) is 5.75 Å². The summed E-state index contributed by atoms with van der Waals surface area (Å²) >= 11 is 0. The fourth-order valence-electron chi connectivity index (χ4n) is 6.15. The van der Waals surface area contributed by atoms with Crippen LogP contribution in [0, 0.1) is 5.92 Å². The number of H-pyrrole nitrogens is 1. The van der Waals surface area contributed by atoms with Gasteiger partial charge in [0, 0.05) is 36.5 Å². The van der Waals surface area contributed by atoms with Gasteiger partial charge in [0.1, 0.15) is 23.9 Å². The predicted octanol–water partition coefficient (Wildman–Crippen LogP) is 3.60. The zero-order chi connectivity index (χ0) is 34.9. The number of benzene rings is 3. The summed E-state index contributed by atoms with van der Waals surface area (Å²) in [5.74, 6) is -1.57. The van der Waals surface area contributed by atoms with Crippen molar-refractivity contribution < 1.29 is 29.0 Å².